The molecule has 34 heavy (non-hydrogen) atoms. The summed E-state index contributed by atoms with van der Waals surface area (Å²) in [5.74, 6) is -4.26. The predicted molar refractivity (Wildman–Crippen MR) is 129 cm³/mol. The largest absolute Gasteiger partial charge is 0.481 e. The van der Waals surface area contributed by atoms with Crippen molar-refractivity contribution >= 4 is 23.8 Å². The zero-order valence-corrected chi connectivity index (χ0v) is 19.0. The molecule has 2 unspecified atom stereocenters. The molecule has 2 aromatic carbocycles. The Bertz CT molecular complexity index is 962. The third-order valence-corrected chi connectivity index (χ3v) is 5.50. The quantitative estimate of drug-likeness (QED) is 0.160. The smallest absolute Gasteiger partial charge is 0.326 e. The van der Waals surface area contributed by atoms with Crippen molar-refractivity contribution in [1.82, 2.24) is 5.32 Å². The molecule has 0 heterocycles. The van der Waals surface area contributed by atoms with Crippen molar-refractivity contribution < 1.29 is 24.6 Å². The summed E-state index contributed by atoms with van der Waals surface area (Å²) in [7, 11) is 0. The second-order valence-electron chi connectivity index (χ2n) is 8.20. The van der Waals surface area contributed by atoms with E-state index in [9.17, 15) is 24.6 Å². The normalized spacial score (nSPS) is 13.3. The highest BCUT2D eigenvalue weighted by Gasteiger charge is 2.30. The molecule has 7 N–H and O–H groups in total. The molecular formula is C25H32N4O5. The highest BCUT2D eigenvalue weighted by Crippen LogP contribution is 2.22. The lowest BCUT2D eigenvalue weighted by molar-refractivity contribution is -0.145. The number of benzene rings is 2. The fourth-order valence-corrected chi connectivity index (χ4v) is 3.75. The van der Waals surface area contributed by atoms with Crippen LogP contribution in [0.1, 0.15) is 30.4 Å². The minimum absolute atomic E-state index is 0.0747. The van der Waals surface area contributed by atoms with Gasteiger partial charge in [-0.05, 0) is 43.2 Å². The Hall–Kier alpha value is -3.88. The van der Waals surface area contributed by atoms with Gasteiger partial charge in [-0.25, -0.2) is 4.79 Å². The lowest BCUT2D eigenvalue weighted by Gasteiger charge is -2.23. The van der Waals surface area contributed by atoms with Gasteiger partial charge in [0.05, 0.1) is 5.92 Å². The van der Waals surface area contributed by atoms with E-state index < -0.39 is 35.7 Å². The van der Waals surface area contributed by atoms with E-state index in [2.05, 4.69) is 10.3 Å². The summed E-state index contributed by atoms with van der Waals surface area (Å²) in [5, 5.41) is 22.0. The van der Waals surface area contributed by atoms with Crippen molar-refractivity contribution in [3.63, 3.8) is 0 Å². The van der Waals surface area contributed by atoms with Gasteiger partial charge in [0.2, 0.25) is 5.91 Å². The minimum atomic E-state index is -1.17. The molecule has 0 fully saturated rings. The summed E-state index contributed by atoms with van der Waals surface area (Å²) in [6.45, 7) is 0.244. The van der Waals surface area contributed by atoms with E-state index >= 15 is 0 Å². The number of carboxylic acids is 2. The second kappa shape index (κ2) is 13.6. The molecule has 3 atom stereocenters. The fraction of sp³-hybridized carbons (Fsp3) is 0.360. The van der Waals surface area contributed by atoms with Crippen molar-refractivity contribution in [1.29, 1.82) is 0 Å². The highest BCUT2D eigenvalue weighted by atomic mass is 16.4. The first-order valence-corrected chi connectivity index (χ1v) is 11.2. The number of guanidine groups is 1. The van der Waals surface area contributed by atoms with Gasteiger partial charge < -0.3 is 27.0 Å². The molecule has 1 amide bonds. The van der Waals surface area contributed by atoms with Gasteiger partial charge in [-0.3, -0.25) is 14.6 Å². The van der Waals surface area contributed by atoms with Crippen LogP contribution < -0.4 is 16.8 Å². The molecule has 2 rings (SSSR count). The Labute approximate surface area is 198 Å². The molecule has 0 aliphatic heterocycles. The third-order valence-electron chi connectivity index (χ3n) is 5.50. The Morgan fingerprint density at radius 2 is 1.35 bits per heavy atom. The van der Waals surface area contributed by atoms with E-state index in [1.165, 1.54) is 0 Å². The van der Waals surface area contributed by atoms with Crippen LogP contribution in [0.3, 0.4) is 0 Å². The second-order valence-corrected chi connectivity index (χ2v) is 8.20. The van der Waals surface area contributed by atoms with E-state index in [0.717, 1.165) is 11.1 Å². The molecule has 2 aromatic rings. The summed E-state index contributed by atoms with van der Waals surface area (Å²) in [4.78, 5) is 40.7. The van der Waals surface area contributed by atoms with Crippen LogP contribution in [0.25, 0.3) is 0 Å². The van der Waals surface area contributed by atoms with E-state index in [0.29, 0.717) is 12.8 Å². The summed E-state index contributed by atoms with van der Waals surface area (Å²) in [6.07, 6.45) is 1.15. The maximum absolute atomic E-state index is 13.2. The van der Waals surface area contributed by atoms with Crippen molar-refractivity contribution in [2.24, 2.45) is 28.3 Å². The third kappa shape index (κ3) is 9.32. The summed E-state index contributed by atoms with van der Waals surface area (Å²) in [6, 6.07) is 17.3. The first-order valence-electron chi connectivity index (χ1n) is 11.2. The standard InChI is InChI=1S/C25H32N4O5/c26-25(27)28-13-7-12-21(24(33)34)29-22(30)19(14-17-8-3-1-4-9-17)16-20(23(31)32)15-18-10-5-2-6-11-18/h1-6,8-11,19-21H,7,12-16H2,(H,29,30)(H,31,32)(H,33,34)(H4,26,27,28)/t19?,20?,21-/m0/s1. The number of amides is 1. The van der Waals surface area contributed by atoms with Gasteiger partial charge in [0.15, 0.2) is 5.96 Å². The van der Waals surface area contributed by atoms with Crippen LogP contribution in [-0.2, 0) is 27.2 Å². The number of nitrogens with zero attached hydrogens (tertiary/aromatic N) is 1. The van der Waals surface area contributed by atoms with Gasteiger partial charge in [0, 0.05) is 12.5 Å². The van der Waals surface area contributed by atoms with E-state index in [4.69, 9.17) is 11.5 Å². The lowest BCUT2D eigenvalue weighted by Crippen LogP contribution is -2.45. The van der Waals surface area contributed by atoms with Gasteiger partial charge in [-0.1, -0.05) is 60.7 Å². The van der Waals surface area contributed by atoms with Gasteiger partial charge >= 0.3 is 11.9 Å². The number of nitrogens with two attached hydrogens (primary N) is 2. The molecule has 0 saturated carbocycles. The number of aliphatic carboxylic acids is 2. The number of rotatable bonds is 14. The van der Waals surface area contributed by atoms with Crippen molar-refractivity contribution in [2.45, 2.75) is 38.1 Å². The molecule has 9 nitrogen and oxygen atoms in total. The summed E-state index contributed by atoms with van der Waals surface area (Å²) >= 11 is 0. The number of aliphatic imine (C=N–C) groups is 1. The predicted octanol–water partition coefficient (Wildman–Crippen LogP) is 1.80. The van der Waals surface area contributed by atoms with Crippen LogP contribution >= 0.6 is 0 Å². The monoisotopic (exact) mass is 468 g/mol. The number of hydrogen-bond acceptors (Lipinski definition) is 4. The van der Waals surface area contributed by atoms with Gasteiger partial charge in [-0.15, -0.1) is 0 Å². The fourth-order valence-electron chi connectivity index (χ4n) is 3.75. The zero-order chi connectivity index (χ0) is 24.9. The maximum atomic E-state index is 13.2. The Morgan fingerprint density at radius 1 is 0.824 bits per heavy atom. The maximum Gasteiger partial charge on any atom is 0.326 e. The molecule has 0 bridgehead atoms. The molecule has 0 aromatic heterocycles. The van der Waals surface area contributed by atoms with Gasteiger partial charge in [0.25, 0.3) is 0 Å². The average molecular weight is 469 g/mol. The first kappa shape index (κ1) is 26.4. The Kier molecular flexibility index (Phi) is 10.6. The van der Waals surface area contributed by atoms with Gasteiger partial charge in [0.1, 0.15) is 6.04 Å². The number of carbonyl (C=O) groups excluding carboxylic acids is 1. The molecule has 9 heteroatoms. The van der Waals surface area contributed by atoms with Crippen LogP contribution in [-0.4, -0.2) is 46.6 Å². The van der Waals surface area contributed by atoms with Crippen molar-refractivity contribution in [3.05, 3.63) is 71.8 Å². The molecule has 0 aliphatic rings. The van der Waals surface area contributed by atoms with E-state index in [-0.39, 0.29) is 31.8 Å². The van der Waals surface area contributed by atoms with Gasteiger partial charge in [-0.2, -0.15) is 0 Å². The SMILES string of the molecule is NC(N)=NCCC[C@H](NC(=O)C(Cc1ccccc1)CC(Cc1ccccc1)C(=O)O)C(=O)O. The summed E-state index contributed by atoms with van der Waals surface area (Å²) in [5.41, 5.74) is 12.3. The Morgan fingerprint density at radius 3 is 1.82 bits per heavy atom. The molecule has 0 aliphatic carbocycles. The number of nitrogens with one attached hydrogen (secondary N) is 1. The van der Waals surface area contributed by atoms with Crippen molar-refractivity contribution in [3.8, 4) is 0 Å². The number of hydrogen-bond donors (Lipinski definition) is 5. The molecule has 0 saturated heterocycles. The zero-order valence-electron chi connectivity index (χ0n) is 19.0. The minimum Gasteiger partial charge on any atom is -0.481 e. The first-order chi connectivity index (χ1) is 16.3. The number of carbonyl (C=O) groups is 3. The highest BCUT2D eigenvalue weighted by molar-refractivity contribution is 5.85. The summed E-state index contributed by atoms with van der Waals surface area (Å²) < 4.78 is 0. The topological polar surface area (TPSA) is 168 Å². The molecule has 0 spiro atoms. The Balaban J connectivity index is 2.16. The van der Waals surface area contributed by atoms with Crippen LogP contribution in [0.4, 0.5) is 0 Å². The van der Waals surface area contributed by atoms with E-state index in [1.807, 2.05) is 60.7 Å². The number of carboxylic acid groups (broad SMARTS) is 2. The van der Waals surface area contributed by atoms with Crippen molar-refractivity contribution in [2.75, 3.05) is 6.54 Å². The average Bonchev–Trinajstić information content (AvgIpc) is 2.80. The van der Waals surface area contributed by atoms with Crippen LogP contribution in [0.15, 0.2) is 65.7 Å². The molecule has 182 valence electrons. The van der Waals surface area contributed by atoms with E-state index in [1.54, 1.807) is 0 Å². The van der Waals surface area contributed by atoms with Crippen LogP contribution in [0, 0.1) is 11.8 Å². The van der Waals surface area contributed by atoms with Crippen LogP contribution in [0.2, 0.25) is 0 Å². The molecular weight excluding hydrogens is 436 g/mol. The van der Waals surface area contributed by atoms with Crippen LogP contribution in [0.5, 0.6) is 0 Å². The lowest BCUT2D eigenvalue weighted by atomic mass is 9.85. The molecule has 0 radical (unpaired) electrons.